The number of phenols is 1. The molecule has 0 atom stereocenters. The van der Waals surface area contributed by atoms with Crippen LogP contribution in [0.5, 0.6) is 5.75 Å². The van der Waals surface area contributed by atoms with Crippen molar-refractivity contribution in [2.45, 2.75) is 27.7 Å². The maximum atomic E-state index is 12.2. The topological polar surface area (TPSA) is 75.4 Å². The van der Waals surface area contributed by atoms with Crippen molar-refractivity contribution in [1.82, 2.24) is 4.98 Å². The van der Waals surface area contributed by atoms with Crippen LogP contribution in [0.25, 0.3) is 22.6 Å². The fourth-order valence-electron chi connectivity index (χ4n) is 2.35. The standard InChI is InChI=1S/C19H19ClN2O3/c1-10-7-12(21-18(24)19(2,3)4)9-13(16(10)23)17-22-14-8-11(20)5-6-15(14)25-17/h5-9,23H,1-4H3,(H,21,24). The van der Waals surface area contributed by atoms with Crippen molar-refractivity contribution in [3.8, 4) is 17.2 Å². The highest BCUT2D eigenvalue weighted by Crippen LogP contribution is 2.36. The van der Waals surface area contributed by atoms with Crippen LogP contribution in [-0.2, 0) is 4.79 Å². The Morgan fingerprint density at radius 3 is 2.64 bits per heavy atom. The van der Waals surface area contributed by atoms with Gasteiger partial charge in [-0.15, -0.1) is 0 Å². The summed E-state index contributed by atoms with van der Waals surface area (Å²) in [4.78, 5) is 16.6. The van der Waals surface area contributed by atoms with Crippen molar-refractivity contribution < 1.29 is 14.3 Å². The van der Waals surface area contributed by atoms with E-state index in [1.807, 2.05) is 20.8 Å². The molecule has 5 nitrogen and oxygen atoms in total. The Morgan fingerprint density at radius 2 is 1.96 bits per heavy atom. The van der Waals surface area contributed by atoms with E-state index in [9.17, 15) is 9.90 Å². The van der Waals surface area contributed by atoms with Gasteiger partial charge in [0.05, 0.1) is 5.56 Å². The number of aromatic nitrogens is 1. The minimum atomic E-state index is -0.527. The quantitative estimate of drug-likeness (QED) is 0.621. The number of hydrogen-bond donors (Lipinski definition) is 2. The van der Waals surface area contributed by atoms with Crippen molar-refractivity contribution in [3.63, 3.8) is 0 Å². The normalized spacial score (nSPS) is 11.7. The van der Waals surface area contributed by atoms with Crippen molar-refractivity contribution in [2.75, 3.05) is 5.32 Å². The number of halogens is 1. The number of nitrogens with zero attached hydrogens (tertiary/aromatic N) is 1. The van der Waals surface area contributed by atoms with Crippen LogP contribution in [0.3, 0.4) is 0 Å². The molecule has 0 fully saturated rings. The van der Waals surface area contributed by atoms with Gasteiger partial charge >= 0.3 is 0 Å². The summed E-state index contributed by atoms with van der Waals surface area (Å²) < 4.78 is 5.73. The number of carbonyl (C=O) groups excluding carboxylic acids is 1. The minimum Gasteiger partial charge on any atom is -0.507 e. The van der Waals surface area contributed by atoms with Gasteiger partial charge < -0.3 is 14.8 Å². The SMILES string of the molecule is Cc1cc(NC(=O)C(C)(C)C)cc(-c2nc3cc(Cl)ccc3o2)c1O. The molecule has 0 saturated carbocycles. The molecule has 0 saturated heterocycles. The first-order valence-electron chi connectivity index (χ1n) is 7.86. The Bertz CT molecular complexity index is 971. The average molecular weight is 359 g/mol. The molecule has 130 valence electrons. The molecule has 1 aromatic heterocycles. The second-order valence-electron chi connectivity index (χ2n) is 7.02. The van der Waals surface area contributed by atoms with Crippen molar-refractivity contribution in [2.24, 2.45) is 5.41 Å². The van der Waals surface area contributed by atoms with E-state index in [2.05, 4.69) is 10.3 Å². The molecule has 0 aliphatic heterocycles. The van der Waals surface area contributed by atoms with E-state index in [1.54, 1.807) is 37.3 Å². The third kappa shape index (κ3) is 3.46. The molecule has 0 bridgehead atoms. The van der Waals surface area contributed by atoms with E-state index in [4.69, 9.17) is 16.0 Å². The zero-order valence-electron chi connectivity index (χ0n) is 14.5. The van der Waals surface area contributed by atoms with Crippen LogP contribution < -0.4 is 5.32 Å². The lowest BCUT2D eigenvalue weighted by molar-refractivity contribution is -0.123. The van der Waals surface area contributed by atoms with Gasteiger partial charge in [-0.05, 0) is 42.8 Å². The number of anilines is 1. The van der Waals surface area contributed by atoms with Crippen LogP contribution in [0.4, 0.5) is 5.69 Å². The van der Waals surface area contributed by atoms with E-state index in [0.29, 0.717) is 32.9 Å². The number of aryl methyl sites for hydroxylation is 1. The predicted octanol–water partition coefficient (Wildman–Crippen LogP) is 5.15. The molecule has 3 aromatic rings. The Kier molecular flexibility index (Phi) is 4.21. The molecule has 25 heavy (non-hydrogen) atoms. The van der Waals surface area contributed by atoms with Crippen molar-refractivity contribution >= 4 is 34.3 Å². The number of aromatic hydroxyl groups is 1. The van der Waals surface area contributed by atoms with Gasteiger partial charge in [0.1, 0.15) is 11.3 Å². The largest absolute Gasteiger partial charge is 0.507 e. The molecule has 0 radical (unpaired) electrons. The summed E-state index contributed by atoms with van der Waals surface area (Å²) >= 11 is 5.98. The molecule has 2 N–H and O–H groups in total. The first-order chi connectivity index (χ1) is 11.6. The number of fused-ring (bicyclic) bond motifs is 1. The fourth-order valence-corrected chi connectivity index (χ4v) is 2.52. The molecular weight excluding hydrogens is 340 g/mol. The van der Waals surface area contributed by atoms with Gasteiger partial charge in [-0.2, -0.15) is 0 Å². The second-order valence-corrected chi connectivity index (χ2v) is 7.46. The summed E-state index contributed by atoms with van der Waals surface area (Å²) in [7, 11) is 0. The Morgan fingerprint density at radius 1 is 1.24 bits per heavy atom. The van der Waals surface area contributed by atoms with Crippen LogP contribution in [0.2, 0.25) is 5.02 Å². The third-order valence-corrected chi connectivity index (χ3v) is 4.05. The van der Waals surface area contributed by atoms with E-state index in [-0.39, 0.29) is 17.5 Å². The molecule has 0 aliphatic carbocycles. The highest BCUT2D eigenvalue weighted by molar-refractivity contribution is 6.31. The van der Waals surface area contributed by atoms with Gasteiger partial charge in [0.15, 0.2) is 5.58 Å². The predicted molar refractivity (Wildman–Crippen MR) is 98.9 cm³/mol. The van der Waals surface area contributed by atoms with Gasteiger partial charge in [0, 0.05) is 16.1 Å². The molecule has 3 rings (SSSR count). The number of amides is 1. The first kappa shape index (κ1) is 17.3. The van der Waals surface area contributed by atoms with E-state index < -0.39 is 5.41 Å². The van der Waals surface area contributed by atoms with Crippen LogP contribution in [-0.4, -0.2) is 16.0 Å². The fraction of sp³-hybridized carbons (Fsp3) is 0.263. The van der Waals surface area contributed by atoms with Gasteiger partial charge in [-0.25, -0.2) is 4.98 Å². The molecule has 2 aromatic carbocycles. The number of rotatable bonds is 2. The zero-order valence-corrected chi connectivity index (χ0v) is 15.2. The molecule has 0 unspecified atom stereocenters. The van der Waals surface area contributed by atoms with Gasteiger partial charge in [-0.3, -0.25) is 4.79 Å². The summed E-state index contributed by atoms with van der Waals surface area (Å²) in [5, 5.41) is 13.8. The van der Waals surface area contributed by atoms with Gasteiger partial charge in [-0.1, -0.05) is 32.4 Å². The summed E-state index contributed by atoms with van der Waals surface area (Å²) in [5.74, 6) is 0.212. The lowest BCUT2D eigenvalue weighted by Crippen LogP contribution is -2.27. The monoisotopic (exact) mass is 358 g/mol. The third-order valence-electron chi connectivity index (χ3n) is 3.82. The smallest absolute Gasteiger partial charge is 0.231 e. The number of oxazole rings is 1. The number of nitrogens with one attached hydrogen (secondary N) is 1. The maximum Gasteiger partial charge on any atom is 0.231 e. The molecule has 1 amide bonds. The van der Waals surface area contributed by atoms with E-state index >= 15 is 0 Å². The summed E-state index contributed by atoms with van der Waals surface area (Å²) in [6.07, 6.45) is 0. The van der Waals surface area contributed by atoms with Gasteiger partial charge in [0.25, 0.3) is 0 Å². The highest BCUT2D eigenvalue weighted by atomic mass is 35.5. The number of hydrogen-bond acceptors (Lipinski definition) is 4. The molecule has 0 spiro atoms. The summed E-state index contributed by atoms with van der Waals surface area (Å²) in [5.41, 5.74) is 2.24. The highest BCUT2D eigenvalue weighted by Gasteiger charge is 2.22. The van der Waals surface area contributed by atoms with Gasteiger partial charge in [0.2, 0.25) is 11.8 Å². The first-order valence-corrected chi connectivity index (χ1v) is 8.24. The maximum absolute atomic E-state index is 12.2. The Labute approximate surface area is 150 Å². The molecule has 6 heteroatoms. The minimum absolute atomic E-state index is 0.0615. The lowest BCUT2D eigenvalue weighted by atomic mass is 9.95. The Balaban J connectivity index is 2.06. The summed E-state index contributed by atoms with van der Waals surface area (Å²) in [6, 6.07) is 8.49. The van der Waals surface area contributed by atoms with Crippen LogP contribution in [0.1, 0.15) is 26.3 Å². The van der Waals surface area contributed by atoms with Crippen molar-refractivity contribution in [3.05, 3.63) is 40.9 Å². The number of benzene rings is 2. The zero-order chi connectivity index (χ0) is 18.4. The number of phenolic OH excluding ortho intramolecular Hbond substituents is 1. The van der Waals surface area contributed by atoms with E-state index in [0.717, 1.165) is 0 Å². The van der Waals surface area contributed by atoms with E-state index in [1.165, 1.54) is 0 Å². The molecule has 0 aliphatic rings. The molecular formula is C19H19ClN2O3. The number of carbonyl (C=O) groups is 1. The lowest BCUT2D eigenvalue weighted by Gasteiger charge is -2.18. The molecule has 1 heterocycles. The Hall–Kier alpha value is -2.53. The average Bonchev–Trinajstić information content (AvgIpc) is 2.92. The summed E-state index contributed by atoms with van der Waals surface area (Å²) in [6.45, 7) is 7.26. The van der Waals surface area contributed by atoms with Crippen molar-refractivity contribution in [1.29, 1.82) is 0 Å². The van der Waals surface area contributed by atoms with Crippen LogP contribution >= 0.6 is 11.6 Å². The van der Waals surface area contributed by atoms with Crippen LogP contribution in [0, 0.1) is 12.3 Å². The van der Waals surface area contributed by atoms with Crippen LogP contribution in [0.15, 0.2) is 34.7 Å². The second kappa shape index (κ2) is 6.08.